The molecule has 2 aromatic rings. The van der Waals surface area contributed by atoms with Gasteiger partial charge >= 0.3 is 5.97 Å². The number of nitrogens with zero attached hydrogens (tertiary/aromatic N) is 1. The summed E-state index contributed by atoms with van der Waals surface area (Å²) >= 11 is 1.59. The van der Waals surface area contributed by atoms with E-state index in [4.69, 9.17) is 4.74 Å². The van der Waals surface area contributed by atoms with Crippen LogP contribution in [0.1, 0.15) is 12.0 Å². The molecule has 0 fully saturated rings. The molecule has 0 bridgehead atoms. The van der Waals surface area contributed by atoms with Gasteiger partial charge in [0.05, 0.1) is 6.42 Å². The minimum absolute atomic E-state index is 0.267. The van der Waals surface area contributed by atoms with Crippen molar-refractivity contribution in [2.75, 3.05) is 36.7 Å². The van der Waals surface area contributed by atoms with Crippen LogP contribution in [0.2, 0.25) is 0 Å². The number of rotatable bonds is 8. The summed E-state index contributed by atoms with van der Waals surface area (Å²) in [5.41, 5.74) is 2.92. The van der Waals surface area contributed by atoms with Crippen molar-refractivity contribution in [2.24, 2.45) is 0 Å². The van der Waals surface area contributed by atoms with E-state index in [1.54, 1.807) is 11.8 Å². The summed E-state index contributed by atoms with van der Waals surface area (Å²) in [6.07, 6.45) is 0.267. The zero-order chi connectivity index (χ0) is 18.9. The Morgan fingerprint density at radius 1 is 1.04 bits per heavy atom. The fourth-order valence-electron chi connectivity index (χ4n) is 2.14. The number of nitrogens with one attached hydrogen (secondary N) is 1. The Morgan fingerprint density at radius 3 is 2.31 bits per heavy atom. The second-order valence-electron chi connectivity index (χ2n) is 6.06. The van der Waals surface area contributed by atoms with Crippen LogP contribution in [0, 0.1) is 6.92 Å². The molecule has 26 heavy (non-hydrogen) atoms. The maximum Gasteiger partial charge on any atom is 0.307 e. The Bertz CT molecular complexity index is 728. The van der Waals surface area contributed by atoms with Crippen LogP contribution in [-0.4, -0.2) is 38.3 Å². The van der Waals surface area contributed by atoms with E-state index in [1.807, 2.05) is 74.4 Å². The SMILES string of the molecule is Cc1ccc(SCCC(=O)OCC(=O)Nc2ccc(N(C)C)cc2)cc1. The molecule has 0 aliphatic rings. The molecule has 1 amide bonds. The fourth-order valence-corrected chi connectivity index (χ4v) is 2.98. The summed E-state index contributed by atoms with van der Waals surface area (Å²) in [5.74, 6) is -0.0972. The van der Waals surface area contributed by atoms with Crippen molar-refractivity contribution in [3.05, 3.63) is 54.1 Å². The average Bonchev–Trinajstić information content (AvgIpc) is 2.62. The van der Waals surface area contributed by atoms with Gasteiger partial charge in [-0.05, 0) is 43.3 Å². The Labute approximate surface area is 158 Å². The quantitative estimate of drug-likeness (QED) is 0.565. The molecule has 0 spiro atoms. The van der Waals surface area contributed by atoms with E-state index in [1.165, 1.54) is 5.56 Å². The topological polar surface area (TPSA) is 58.6 Å². The molecule has 0 radical (unpaired) electrons. The fraction of sp³-hybridized carbons (Fsp3) is 0.300. The van der Waals surface area contributed by atoms with Gasteiger partial charge < -0.3 is 15.0 Å². The van der Waals surface area contributed by atoms with Crippen molar-refractivity contribution in [3.8, 4) is 0 Å². The summed E-state index contributed by atoms with van der Waals surface area (Å²) in [4.78, 5) is 26.7. The standard InChI is InChI=1S/C20H24N2O3S/c1-15-4-10-18(11-5-15)26-13-12-20(24)25-14-19(23)21-16-6-8-17(9-7-16)22(2)3/h4-11H,12-14H2,1-3H3,(H,21,23). The summed E-state index contributed by atoms with van der Waals surface area (Å²) in [7, 11) is 3.90. The molecule has 2 aromatic carbocycles. The highest BCUT2D eigenvalue weighted by Gasteiger charge is 2.08. The summed E-state index contributed by atoms with van der Waals surface area (Å²) in [6.45, 7) is 1.76. The Balaban J connectivity index is 1.66. The van der Waals surface area contributed by atoms with Crippen LogP contribution >= 0.6 is 11.8 Å². The van der Waals surface area contributed by atoms with Crippen molar-refractivity contribution in [1.82, 2.24) is 0 Å². The first-order valence-electron chi connectivity index (χ1n) is 8.36. The molecule has 0 heterocycles. The van der Waals surface area contributed by atoms with E-state index in [2.05, 4.69) is 5.32 Å². The van der Waals surface area contributed by atoms with E-state index in [0.29, 0.717) is 11.4 Å². The Kier molecular flexibility index (Phi) is 7.53. The van der Waals surface area contributed by atoms with Gasteiger partial charge in [-0.3, -0.25) is 9.59 Å². The van der Waals surface area contributed by atoms with Crippen molar-refractivity contribution in [2.45, 2.75) is 18.2 Å². The highest BCUT2D eigenvalue weighted by Crippen LogP contribution is 2.19. The van der Waals surface area contributed by atoms with Crippen molar-refractivity contribution in [3.63, 3.8) is 0 Å². The van der Waals surface area contributed by atoms with Crippen LogP contribution < -0.4 is 10.2 Å². The molecule has 6 heteroatoms. The first kappa shape index (κ1) is 19.8. The van der Waals surface area contributed by atoms with E-state index in [0.717, 1.165) is 10.6 Å². The van der Waals surface area contributed by atoms with Gasteiger partial charge in [0.2, 0.25) is 0 Å². The summed E-state index contributed by atoms with van der Waals surface area (Å²) in [5, 5.41) is 2.71. The van der Waals surface area contributed by atoms with Gasteiger partial charge in [-0.15, -0.1) is 11.8 Å². The Morgan fingerprint density at radius 2 is 1.69 bits per heavy atom. The molecule has 0 saturated heterocycles. The lowest BCUT2D eigenvalue weighted by atomic mass is 10.2. The van der Waals surface area contributed by atoms with Gasteiger partial charge in [0, 0.05) is 36.1 Å². The predicted molar refractivity (Wildman–Crippen MR) is 107 cm³/mol. The number of benzene rings is 2. The minimum atomic E-state index is -0.372. The molecular weight excluding hydrogens is 348 g/mol. The van der Waals surface area contributed by atoms with Gasteiger partial charge in [0.15, 0.2) is 6.61 Å². The van der Waals surface area contributed by atoms with Gasteiger partial charge in [-0.2, -0.15) is 0 Å². The highest BCUT2D eigenvalue weighted by atomic mass is 32.2. The zero-order valence-electron chi connectivity index (χ0n) is 15.3. The molecule has 0 saturated carbocycles. The van der Waals surface area contributed by atoms with Crippen LogP contribution in [0.4, 0.5) is 11.4 Å². The maximum absolute atomic E-state index is 11.9. The largest absolute Gasteiger partial charge is 0.456 e. The first-order chi connectivity index (χ1) is 12.4. The van der Waals surface area contributed by atoms with Crippen LogP contribution in [-0.2, 0) is 14.3 Å². The van der Waals surface area contributed by atoms with E-state index >= 15 is 0 Å². The lowest BCUT2D eigenvalue weighted by Crippen LogP contribution is -2.21. The number of carbonyl (C=O) groups is 2. The first-order valence-corrected chi connectivity index (χ1v) is 9.35. The minimum Gasteiger partial charge on any atom is -0.456 e. The third-order valence-corrected chi connectivity index (χ3v) is 4.64. The van der Waals surface area contributed by atoms with Crippen molar-refractivity contribution < 1.29 is 14.3 Å². The molecule has 2 rings (SSSR count). The molecule has 0 aromatic heterocycles. The Hall–Kier alpha value is -2.47. The van der Waals surface area contributed by atoms with Crippen LogP contribution in [0.3, 0.4) is 0 Å². The number of hydrogen-bond donors (Lipinski definition) is 1. The summed E-state index contributed by atoms with van der Waals surface area (Å²) in [6, 6.07) is 15.6. The van der Waals surface area contributed by atoms with Crippen molar-refractivity contribution >= 4 is 35.0 Å². The monoisotopic (exact) mass is 372 g/mol. The molecule has 138 valence electrons. The lowest BCUT2D eigenvalue weighted by molar-refractivity contribution is -0.146. The molecular formula is C20H24N2O3S. The molecule has 0 unspecified atom stereocenters. The molecule has 1 N–H and O–H groups in total. The van der Waals surface area contributed by atoms with E-state index in [-0.39, 0.29) is 24.9 Å². The third kappa shape index (κ3) is 6.80. The van der Waals surface area contributed by atoms with Crippen LogP contribution in [0.5, 0.6) is 0 Å². The van der Waals surface area contributed by atoms with Crippen LogP contribution in [0.25, 0.3) is 0 Å². The number of carbonyl (C=O) groups excluding carboxylic acids is 2. The molecule has 0 aliphatic carbocycles. The maximum atomic E-state index is 11.9. The zero-order valence-corrected chi connectivity index (χ0v) is 16.1. The van der Waals surface area contributed by atoms with Gasteiger partial charge in [0.25, 0.3) is 5.91 Å². The van der Waals surface area contributed by atoms with Gasteiger partial charge in [-0.25, -0.2) is 0 Å². The normalized spacial score (nSPS) is 10.3. The number of thioether (sulfide) groups is 1. The molecule has 0 atom stereocenters. The number of ether oxygens (including phenoxy) is 1. The second kappa shape index (κ2) is 9.87. The van der Waals surface area contributed by atoms with Crippen molar-refractivity contribution in [1.29, 1.82) is 0 Å². The lowest BCUT2D eigenvalue weighted by Gasteiger charge is -2.13. The summed E-state index contributed by atoms with van der Waals surface area (Å²) < 4.78 is 5.02. The van der Waals surface area contributed by atoms with Crippen LogP contribution in [0.15, 0.2) is 53.4 Å². The van der Waals surface area contributed by atoms with Gasteiger partial charge in [-0.1, -0.05) is 17.7 Å². The molecule has 5 nitrogen and oxygen atoms in total. The number of aryl methyl sites for hydroxylation is 1. The predicted octanol–water partition coefficient (Wildman–Crippen LogP) is 3.73. The average molecular weight is 372 g/mol. The third-order valence-electron chi connectivity index (χ3n) is 3.63. The van der Waals surface area contributed by atoms with E-state index < -0.39 is 0 Å². The second-order valence-corrected chi connectivity index (χ2v) is 7.23. The smallest absolute Gasteiger partial charge is 0.307 e. The number of amides is 1. The number of hydrogen-bond acceptors (Lipinski definition) is 5. The van der Waals surface area contributed by atoms with E-state index in [9.17, 15) is 9.59 Å². The number of esters is 1. The molecule has 0 aliphatic heterocycles. The highest BCUT2D eigenvalue weighted by molar-refractivity contribution is 7.99. The number of anilines is 2. The van der Waals surface area contributed by atoms with Gasteiger partial charge in [0.1, 0.15) is 0 Å².